The van der Waals surface area contributed by atoms with Crippen LogP contribution in [0.25, 0.3) is 11.2 Å². The minimum atomic E-state index is -0.133. The molecule has 0 spiro atoms. The molecule has 1 aliphatic rings. The molecule has 2 atom stereocenters. The van der Waals surface area contributed by atoms with Crippen molar-refractivity contribution in [1.29, 1.82) is 0 Å². The molecule has 90 valence electrons. The molecular weight excluding hydrogens is 222 g/mol. The molecule has 3 rings (SSSR count). The Hall–Kier alpha value is -1.73. The Bertz CT molecular complexity index is 540. The fourth-order valence-corrected chi connectivity index (χ4v) is 2.07. The van der Waals surface area contributed by atoms with Gasteiger partial charge < -0.3 is 15.6 Å². The van der Waals surface area contributed by atoms with E-state index in [9.17, 15) is 0 Å². The lowest BCUT2D eigenvalue weighted by atomic mass is 10.1. The molecule has 1 aliphatic heterocycles. The van der Waals surface area contributed by atoms with Gasteiger partial charge >= 0.3 is 0 Å². The van der Waals surface area contributed by atoms with E-state index in [1.165, 1.54) is 6.33 Å². The van der Waals surface area contributed by atoms with E-state index in [1.54, 1.807) is 6.33 Å². The molecule has 3 N–H and O–H groups in total. The first-order chi connectivity index (χ1) is 8.29. The highest BCUT2D eigenvalue weighted by atomic mass is 16.5. The Labute approximate surface area is 97.3 Å². The minimum Gasteiger partial charge on any atom is -0.396 e. The number of anilines is 1. The van der Waals surface area contributed by atoms with Crippen LogP contribution in [0.1, 0.15) is 12.6 Å². The third-order valence-corrected chi connectivity index (χ3v) is 3.01. The molecule has 1 saturated heterocycles. The average Bonchev–Trinajstić information content (AvgIpc) is 2.94. The lowest BCUT2D eigenvalue weighted by Gasteiger charge is -2.11. The summed E-state index contributed by atoms with van der Waals surface area (Å²) in [5.74, 6) is 0.544. The van der Waals surface area contributed by atoms with Crippen LogP contribution < -0.4 is 5.73 Å². The first-order valence-electron chi connectivity index (χ1n) is 5.45. The Morgan fingerprint density at radius 2 is 2.35 bits per heavy atom. The van der Waals surface area contributed by atoms with Gasteiger partial charge in [0, 0.05) is 12.5 Å². The van der Waals surface area contributed by atoms with Crippen LogP contribution >= 0.6 is 0 Å². The van der Waals surface area contributed by atoms with E-state index in [2.05, 4.69) is 15.0 Å². The molecule has 17 heavy (non-hydrogen) atoms. The zero-order chi connectivity index (χ0) is 11.8. The van der Waals surface area contributed by atoms with Crippen LogP contribution in [-0.4, -0.2) is 37.8 Å². The summed E-state index contributed by atoms with van der Waals surface area (Å²) < 4.78 is 7.45. The summed E-state index contributed by atoms with van der Waals surface area (Å²) in [6.07, 6.45) is 3.69. The van der Waals surface area contributed by atoms with E-state index < -0.39 is 0 Å². The van der Waals surface area contributed by atoms with Gasteiger partial charge in [0.25, 0.3) is 0 Å². The molecule has 0 saturated carbocycles. The van der Waals surface area contributed by atoms with Gasteiger partial charge in [-0.1, -0.05) is 0 Å². The molecule has 0 radical (unpaired) electrons. The lowest BCUT2D eigenvalue weighted by Crippen LogP contribution is -2.08. The molecule has 7 heteroatoms. The van der Waals surface area contributed by atoms with Crippen molar-refractivity contribution < 1.29 is 9.84 Å². The molecule has 2 aromatic heterocycles. The second kappa shape index (κ2) is 3.94. The van der Waals surface area contributed by atoms with Crippen LogP contribution in [0.2, 0.25) is 0 Å². The maximum Gasteiger partial charge on any atom is 0.167 e. The van der Waals surface area contributed by atoms with Crippen LogP contribution in [0, 0.1) is 5.92 Å². The summed E-state index contributed by atoms with van der Waals surface area (Å²) in [6.45, 7) is 0.696. The molecule has 7 nitrogen and oxygen atoms in total. The molecular formula is C10H13N5O2. The number of aromatic nitrogens is 4. The summed E-state index contributed by atoms with van der Waals surface area (Å²) in [6, 6.07) is 0. The average molecular weight is 235 g/mol. The number of nitrogen functional groups attached to an aromatic ring is 1. The summed E-state index contributed by atoms with van der Waals surface area (Å²) in [5.41, 5.74) is 6.97. The van der Waals surface area contributed by atoms with Gasteiger partial charge in [-0.3, -0.25) is 4.57 Å². The molecule has 1 unspecified atom stereocenters. The standard InChI is InChI=1S/C10H13N5O2/c11-9-8-10(13-4-12-9)15(5-14-8)7-1-6(2-16)3-17-7/h4-7,16H,1-3H2,(H2,11,12,13)/t6?,7-/m1/s1. The zero-order valence-corrected chi connectivity index (χ0v) is 9.15. The Kier molecular flexibility index (Phi) is 2.41. The van der Waals surface area contributed by atoms with Crippen molar-refractivity contribution in [3.8, 4) is 0 Å². The Morgan fingerprint density at radius 3 is 3.12 bits per heavy atom. The number of rotatable bonds is 2. The van der Waals surface area contributed by atoms with E-state index in [1.807, 2.05) is 4.57 Å². The van der Waals surface area contributed by atoms with Crippen LogP contribution in [0.15, 0.2) is 12.7 Å². The number of nitrogens with two attached hydrogens (primary N) is 1. The Balaban J connectivity index is 1.99. The van der Waals surface area contributed by atoms with E-state index in [0.717, 1.165) is 6.42 Å². The first-order valence-corrected chi connectivity index (χ1v) is 5.45. The molecule has 1 fully saturated rings. The second-order valence-electron chi connectivity index (χ2n) is 4.16. The maximum atomic E-state index is 9.09. The van der Waals surface area contributed by atoms with Crippen molar-refractivity contribution in [3.63, 3.8) is 0 Å². The van der Waals surface area contributed by atoms with Gasteiger partial charge in [0.1, 0.15) is 18.1 Å². The predicted octanol–water partition coefficient (Wildman–Crippen LogP) is -0.0641. The molecule has 2 aromatic rings. The van der Waals surface area contributed by atoms with Gasteiger partial charge in [-0.15, -0.1) is 0 Å². The maximum absolute atomic E-state index is 9.09. The number of aliphatic hydroxyl groups excluding tert-OH is 1. The quantitative estimate of drug-likeness (QED) is 0.756. The summed E-state index contributed by atoms with van der Waals surface area (Å²) in [5, 5.41) is 9.09. The van der Waals surface area contributed by atoms with Crippen molar-refractivity contribution in [1.82, 2.24) is 19.5 Å². The summed E-state index contributed by atoms with van der Waals surface area (Å²) in [4.78, 5) is 12.2. The highest BCUT2D eigenvalue weighted by Gasteiger charge is 2.27. The number of nitrogens with zero attached hydrogens (tertiary/aromatic N) is 4. The number of fused-ring (bicyclic) bond motifs is 1. The first kappa shape index (κ1) is 10.4. The minimum absolute atomic E-state index is 0.133. The topological polar surface area (TPSA) is 99.1 Å². The van der Waals surface area contributed by atoms with Crippen molar-refractivity contribution in [2.45, 2.75) is 12.6 Å². The number of aliphatic hydroxyl groups is 1. The predicted molar refractivity (Wildman–Crippen MR) is 59.9 cm³/mol. The third kappa shape index (κ3) is 1.63. The summed E-state index contributed by atoms with van der Waals surface area (Å²) in [7, 11) is 0. The van der Waals surface area contributed by atoms with Gasteiger partial charge in [0.15, 0.2) is 11.5 Å². The van der Waals surface area contributed by atoms with Crippen molar-refractivity contribution >= 4 is 17.0 Å². The zero-order valence-electron chi connectivity index (χ0n) is 9.15. The van der Waals surface area contributed by atoms with Crippen molar-refractivity contribution in [2.75, 3.05) is 18.9 Å². The van der Waals surface area contributed by atoms with Crippen LogP contribution in [0.4, 0.5) is 5.82 Å². The fraction of sp³-hybridized carbons (Fsp3) is 0.500. The fourth-order valence-electron chi connectivity index (χ4n) is 2.07. The molecule has 3 heterocycles. The normalized spacial score (nSPS) is 24.5. The SMILES string of the molecule is Nc1ncnc2c1ncn2[C@H]1CC(CO)CO1. The van der Waals surface area contributed by atoms with Crippen LogP contribution in [-0.2, 0) is 4.74 Å². The molecule has 0 aliphatic carbocycles. The summed E-state index contributed by atoms with van der Waals surface area (Å²) >= 11 is 0. The largest absolute Gasteiger partial charge is 0.396 e. The van der Waals surface area contributed by atoms with Crippen LogP contribution in [0.3, 0.4) is 0 Å². The van der Waals surface area contributed by atoms with Gasteiger partial charge in [0.05, 0.1) is 12.9 Å². The monoisotopic (exact) mass is 235 g/mol. The number of hydrogen-bond acceptors (Lipinski definition) is 6. The highest BCUT2D eigenvalue weighted by Crippen LogP contribution is 2.30. The molecule has 0 bridgehead atoms. The molecule has 0 amide bonds. The number of hydrogen-bond donors (Lipinski definition) is 2. The highest BCUT2D eigenvalue weighted by molar-refractivity contribution is 5.81. The van der Waals surface area contributed by atoms with E-state index in [4.69, 9.17) is 15.6 Å². The van der Waals surface area contributed by atoms with Crippen molar-refractivity contribution in [2.24, 2.45) is 5.92 Å². The van der Waals surface area contributed by atoms with Gasteiger partial charge in [-0.25, -0.2) is 15.0 Å². The number of imidazole rings is 1. The van der Waals surface area contributed by atoms with Gasteiger partial charge in [0.2, 0.25) is 0 Å². The van der Waals surface area contributed by atoms with Gasteiger partial charge in [-0.05, 0) is 6.42 Å². The number of ether oxygens (including phenoxy) is 1. The lowest BCUT2D eigenvalue weighted by molar-refractivity contribution is 0.0551. The second-order valence-corrected chi connectivity index (χ2v) is 4.16. The van der Waals surface area contributed by atoms with E-state index >= 15 is 0 Å². The van der Waals surface area contributed by atoms with Gasteiger partial charge in [-0.2, -0.15) is 0 Å². The van der Waals surface area contributed by atoms with Crippen molar-refractivity contribution in [3.05, 3.63) is 12.7 Å². The smallest absolute Gasteiger partial charge is 0.167 e. The van der Waals surface area contributed by atoms with E-state index in [-0.39, 0.29) is 18.8 Å². The van der Waals surface area contributed by atoms with E-state index in [0.29, 0.717) is 23.6 Å². The van der Waals surface area contributed by atoms with Crippen LogP contribution in [0.5, 0.6) is 0 Å². The third-order valence-electron chi connectivity index (χ3n) is 3.01. The molecule has 0 aromatic carbocycles. The Morgan fingerprint density at radius 1 is 1.47 bits per heavy atom.